The zero-order chi connectivity index (χ0) is 31.8. The normalized spacial score (nSPS) is 18.3. The number of anilines is 2. The van der Waals surface area contributed by atoms with Gasteiger partial charge in [-0.3, -0.25) is 19.3 Å². The van der Waals surface area contributed by atoms with Crippen LogP contribution in [0.2, 0.25) is 0 Å². The summed E-state index contributed by atoms with van der Waals surface area (Å²) in [7, 11) is 2.04. The van der Waals surface area contributed by atoms with Crippen LogP contribution in [-0.4, -0.2) is 113 Å². The number of rotatable bonds is 9. The van der Waals surface area contributed by atoms with E-state index < -0.39 is 6.10 Å². The van der Waals surface area contributed by atoms with Crippen LogP contribution in [0.4, 0.5) is 11.4 Å². The Morgan fingerprint density at radius 3 is 2.59 bits per heavy atom. The van der Waals surface area contributed by atoms with E-state index in [1.807, 2.05) is 31.3 Å². The number of piperidine rings is 1. The van der Waals surface area contributed by atoms with Gasteiger partial charge >= 0.3 is 0 Å². The van der Waals surface area contributed by atoms with Crippen LogP contribution < -0.4 is 20.5 Å². The van der Waals surface area contributed by atoms with Crippen LogP contribution in [0.15, 0.2) is 53.5 Å². The fourth-order valence-electron chi connectivity index (χ4n) is 6.40. The van der Waals surface area contributed by atoms with Crippen LogP contribution in [0.3, 0.4) is 0 Å². The highest BCUT2D eigenvalue weighted by molar-refractivity contribution is 6.23. The Kier molecular flexibility index (Phi) is 8.20. The fraction of sp³-hybridized carbons (Fsp3) is 0.394. The molecule has 2 fully saturated rings. The fourth-order valence-corrected chi connectivity index (χ4v) is 6.40. The second-order valence-electron chi connectivity index (χ2n) is 12.1. The van der Waals surface area contributed by atoms with E-state index in [-0.39, 0.29) is 48.0 Å². The highest BCUT2D eigenvalue weighted by Gasteiger charge is 2.41. The number of H-pyrrole nitrogens is 2. The summed E-state index contributed by atoms with van der Waals surface area (Å²) in [5.74, 6) is 0.336. The molecule has 1 unspecified atom stereocenters. The zero-order valence-electron chi connectivity index (χ0n) is 25.6. The predicted molar refractivity (Wildman–Crippen MR) is 173 cm³/mol. The monoisotopic (exact) mass is 627 g/mol. The van der Waals surface area contributed by atoms with Crippen LogP contribution in [0, 0.1) is 0 Å². The van der Waals surface area contributed by atoms with Crippen molar-refractivity contribution in [1.82, 2.24) is 24.8 Å². The van der Waals surface area contributed by atoms with E-state index in [1.54, 1.807) is 18.2 Å². The zero-order valence-corrected chi connectivity index (χ0v) is 25.6. The Morgan fingerprint density at radius 2 is 1.80 bits per heavy atom. The van der Waals surface area contributed by atoms with Crippen molar-refractivity contribution in [2.45, 2.75) is 25.0 Å². The summed E-state index contributed by atoms with van der Waals surface area (Å²) in [6.07, 6.45) is 2.14. The summed E-state index contributed by atoms with van der Waals surface area (Å²) in [5.41, 5.74) is 3.05. The van der Waals surface area contributed by atoms with E-state index in [0.29, 0.717) is 46.8 Å². The Hall–Kier alpha value is -4.72. The van der Waals surface area contributed by atoms with Crippen molar-refractivity contribution < 1.29 is 24.2 Å². The molecule has 13 heteroatoms. The van der Waals surface area contributed by atoms with Gasteiger partial charge in [0.2, 0.25) is 0 Å². The number of aliphatic hydroxyl groups excluding tert-OH is 1. The number of nitrogens with zero attached hydrogens (tertiary/aromatic N) is 4. The lowest BCUT2D eigenvalue weighted by Gasteiger charge is -2.33. The van der Waals surface area contributed by atoms with Gasteiger partial charge in [-0.05, 0) is 63.3 Å². The van der Waals surface area contributed by atoms with Crippen LogP contribution in [0.1, 0.15) is 33.6 Å². The molecule has 3 aliphatic rings. The number of aromatic nitrogens is 3. The van der Waals surface area contributed by atoms with Crippen LogP contribution in [-0.2, 0) is 4.74 Å². The van der Waals surface area contributed by atoms with Gasteiger partial charge in [0.1, 0.15) is 29.8 Å². The lowest BCUT2D eigenvalue weighted by Crippen LogP contribution is -2.46. The lowest BCUT2D eigenvalue weighted by molar-refractivity contribution is 0.0516. The minimum atomic E-state index is -0.873. The Labute approximate surface area is 265 Å². The van der Waals surface area contributed by atoms with Crippen LogP contribution in [0.25, 0.3) is 22.4 Å². The standard InChI is InChI=1S/C33H37N7O6/c1-38-9-6-20(7-10-38)40-32(43)24-16-27-28(17-25(24)33(40)44)37-30(36-27)29-26(5-8-34-31(29)42)35-18-22(41)19-46-23-4-2-3-21(15-23)39-11-13-45-14-12-39/h2-5,8,15-17,20,22,41H,6-7,9-14,18-19H2,1H3,(H,36,37)(H2,34,35,42). The van der Waals surface area contributed by atoms with Gasteiger partial charge in [0.15, 0.2) is 0 Å². The number of carbonyl (C=O) groups excluding carboxylic acids is 2. The van der Waals surface area contributed by atoms with E-state index in [1.165, 1.54) is 11.1 Å². The summed E-state index contributed by atoms with van der Waals surface area (Å²) >= 11 is 0. The highest BCUT2D eigenvalue weighted by atomic mass is 16.5. The molecular weight excluding hydrogens is 590 g/mol. The number of ether oxygens (including phenoxy) is 2. The van der Waals surface area contributed by atoms with Gasteiger partial charge in [0.25, 0.3) is 17.4 Å². The summed E-state index contributed by atoms with van der Waals surface area (Å²) in [4.78, 5) is 56.0. The molecule has 0 aliphatic carbocycles. The molecule has 3 aliphatic heterocycles. The first-order valence-electron chi connectivity index (χ1n) is 15.7. The molecule has 5 heterocycles. The van der Waals surface area contributed by atoms with E-state index in [9.17, 15) is 19.5 Å². The number of hydrogen-bond donors (Lipinski definition) is 4. The number of morpholine rings is 1. The number of hydrogen-bond acceptors (Lipinski definition) is 10. The third-order valence-corrected chi connectivity index (χ3v) is 8.93. The second kappa shape index (κ2) is 12.6. The summed E-state index contributed by atoms with van der Waals surface area (Å²) in [6.45, 7) is 4.83. The number of nitrogens with one attached hydrogen (secondary N) is 3. The van der Waals surface area contributed by atoms with Crippen molar-refractivity contribution in [2.75, 3.05) is 69.8 Å². The molecule has 0 bridgehead atoms. The maximum Gasteiger partial charge on any atom is 0.261 e. The van der Waals surface area contributed by atoms with Crippen LogP contribution >= 0.6 is 0 Å². The van der Waals surface area contributed by atoms with Crippen LogP contribution in [0.5, 0.6) is 5.75 Å². The molecule has 4 N–H and O–H groups in total. The SMILES string of the molecule is CN1CCC(N2C(=O)c3cc4nc(-c5c(NCC(O)COc6cccc(N7CCOCC7)c6)cc[nH]c5=O)[nH]c4cc3C2=O)CC1. The first-order valence-corrected chi connectivity index (χ1v) is 15.7. The molecule has 2 aromatic heterocycles. The largest absolute Gasteiger partial charge is 0.491 e. The van der Waals surface area contributed by atoms with E-state index >= 15 is 0 Å². The van der Waals surface area contributed by atoms with Gasteiger partial charge < -0.3 is 39.7 Å². The number of imidazole rings is 1. The highest BCUT2D eigenvalue weighted by Crippen LogP contribution is 2.33. The predicted octanol–water partition coefficient (Wildman–Crippen LogP) is 2.30. The minimum absolute atomic E-state index is 0.0465. The molecular formula is C33H37N7O6. The van der Waals surface area contributed by atoms with E-state index in [4.69, 9.17) is 9.47 Å². The third kappa shape index (κ3) is 5.84. The van der Waals surface area contributed by atoms with Gasteiger partial charge in [0, 0.05) is 43.6 Å². The number of imide groups is 1. The Morgan fingerprint density at radius 1 is 1.04 bits per heavy atom. The van der Waals surface area contributed by atoms with Gasteiger partial charge in [0.05, 0.1) is 41.1 Å². The van der Waals surface area contributed by atoms with Crippen molar-refractivity contribution in [3.05, 3.63) is 70.1 Å². The number of aromatic amines is 2. The number of aliphatic hydroxyl groups is 1. The van der Waals surface area contributed by atoms with Crippen molar-refractivity contribution in [2.24, 2.45) is 0 Å². The van der Waals surface area contributed by atoms with Gasteiger partial charge in [-0.2, -0.15) is 0 Å². The quantitative estimate of drug-likeness (QED) is 0.203. The number of amides is 2. The topological polar surface area (TPSA) is 156 Å². The summed E-state index contributed by atoms with van der Waals surface area (Å²) in [6, 6.07) is 12.6. The van der Waals surface area contributed by atoms with Crippen molar-refractivity contribution in [3.63, 3.8) is 0 Å². The summed E-state index contributed by atoms with van der Waals surface area (Å²) < 4.78 is 11.3. The molecule has 0 radical (unpaired) electrons. The van der Waals surface area contributed by atoms with Crippen molar-refractivity contribution in [1.29, 1.82) is 0 Å². The minimum Gasteiger partial charge on any atom is -0.491 e. The maximum absolute atomic E-state index is 13.4. The molecule has 2 saturated heterocycles. The molecule has 2 amide bonds. The van der Waals surface area contributed by atoms with Gasteiger partial charge in [-0.1, -0.05) is 6.07 Å². The molecule has 7 rings (SSSR count). The number of benzene rings is 2. The average molecular weight is 628 g/mol. The number of likely N-dealkylation sites (tertiary alicyclic amines) is 1. The first-order chi connectivity index (χ1) is 22.4. The first kappa shape index (κ1) is 30.0. The van der Waals surface area contributed by atoms with Crippen molar-refractivity contribution in [3.8, 4) is 17.1 Å². The van der Waals surface area contributed by atoms with E-state index in [2.05, 4.69) is 30.1 Å². The molecule has 240 valence electrons. The number of carbonyl (C=O) groups is 2. The van der Waals surface area contributed by atoms with Gasteiger partial charge in [-0.15, -0.1) is 0 Å². The van der Waals surface area contributed by atoms with Gasteiger partial charge in [-0.25, -0.2) is 4.98 Å². The van der Waals surface area contributed by atoms with Crippen molar-refractivity contribution >= 4 is 34.2 Å². The number of fused-ring (bicyclic) bond motifs is 2. The lowest BCUT2D eigenvalue weighted by atomic mass is 10.0. The summed E-state index contributed by atoms with van der Waals surface area (Å²) in [5, 5.41) is 13.9. The third-order valence-electron chi connectivity index (χ3n) is 8.93. The Balaban J connectivity index is 1.04. The molecule has 0 saturated carbocycles. The smallest absolute Gasteiger partial charge is 0.261 e. The molecule has 1 atom stereocenters. The van der Waals surface area contributed by atoms with E-state index in [0.717, 1.165) is 44.7 Å². The molecule has 4 aromatic rings. The molecule has 2 aromatic carbocycles. The molecule has 13 nitrogen and oxygen atoms in total. The number of pyridine rings is 1. The molecule has 46 heavy (non-hydrogen) atoms. The maximum atomic E-state index is 13.4. The second-order valence-corrected chi connectivity index (χ2v) is 12.1. The average Bonchev–Trinajstić information content (AvgIpc) is 3.59. The Bertz CT molecular complexity index is 1770. The molecule has 0 spiro atoms.